The number of piperidine rings is 1. The largest absolute Gasteiger partial charge is 0.374 e. The van der Waals surface area contributed by atoms with Crippen LogP contribution in [0.5, 0.6) is 0 Å². The lowest BCUT2D eigenvalue weighted by atomic mass is 10.0. The maximum atomic E-state index is 14.1. The molecule has 1 fully saturated rings. The first kappa shape index (κ1) is 18.6. The SMILES string of the molecule is C1CCNCC1.Nc1nnc(-c2ccc3[nH]cc(-c4ccccc4F)c3c2)s1. The van der Waals surface area contributed by atoms with Crippen molar-refractivity contribution in [2.75, 3.05) is 18.8 Å². The van der Waals surface area contributed by atoms with Gasteiger partial charge in [-0.15, -0.1) is 10.2 Å². The fraction of sp³-hybridized carbons (Fsp3) is 0.238. The Kier molecular flexibility index (Phi) is 5.64. The number of aromatic amines is 1. The summed E-state index contributed by atoms with van der Waals surface area (Å²) < 4.78 is 14.1. The van der Waals surface area contributed by atoms with Crippen molar-refractivity contribution < 1.29 is 4.39 Å². The van der Waals surface area contributed by atoms with E-state index in [0.29, 0.717) is 10.7 Å². The molecule has 1 saturated heterocycles. The summed E-state index contributed by atoms with van der Waals surface area (Å²) >= 11 is 1.33. The lowest BCUT2D eigenvalue weighted by Crippen LogP contribution is -2.21. The molecule has 3 heterocycles. The predicted octanol–water partition coefficient (Wildman–Crippen LogP) is 4.83. The zero-order valence-electron chi connectivity index (χ0n) is 15.4. The Morgan fingerprint density at radius 1 is 0.964 bits per heavy atom. The van der Waals surface area contributed by atoms with Gasteiger partial charge in [0, 0.05) is 33.8 Å². The van der Waals surface area contributed by atoms with Crippen molar-refractivity contribution in [1.82, 2.24) is 20.5 Å². The monoisotopic (exact) mass is 395 g/mol. The Balaban J connectivity index is 0.000000275. The average molecular weight is 396 g/mol. The molecule has 0 unspecified atom stereocenters. The average Bonchev–Trinajstić information content (AvgIpc) is 3.36. The lowest BCUT2D eigenvalue weighted by Gasteiger charge is -2.08. The number of anilines is 1. The van der Waals surface area contributed by atoms with E-state index in [1.54, 1.807) is 12.1 Å². The first-order valence-corrected chi connectivity index (χ1v) is 10.2. The second kappa shape index (κ2) is 8.50. The quantitative estimate of drug-likeness (QED) is 0.454. The van der Waals surface area contributed by atoms with Crippen LogP contribution in [0.1, 0.15) is 19.3 Å². The fourth-order valence-electron chi connectivity index (χ4n) is 3.31. The van der Waals surface area contributed by atoms with Gasteiger partial charge in [-0.05, 0) is 50.2 Å². The van der Waals surface area contributed by atoms with Gasteiger partial charge in [0.1, 0.15) is 10.8 Å². The summed E-state index contributed by atoms with van der Waals surface area (Å²) in [5, 5.41) is 13.3. The number of aromatic nitrogens is 3. The molecule has 0 radical (unpaired) electrons. The van der Waals surface area contributed by atoms with E-state index < -0.39 is 0 Å². The molecule has 7 heteroatoms. The molecule has 0 saturated carbocycles. The first-order chi connectivity index (χ1) is 13.7. The number of rotatable bonds is 2. The molecule has 0 spiro atoms. The summed E-state index contributed by atoms with van der Waals surface area (Å²) in [7, 11) is 0. The molecule has 0 atom stereocenters. The van der Waals surface area contributed by atoms with Crippen LogP contribution >= 0.6 is 11.3 Å². The van der Waals surface area contributed by atoms with Gasteiger partial charge in [0.05, 0.1) is 0 Å². The zero-order chi connectivity index (χ0) is 19.3. The van der Waals surface area contributed by atoms with Crippen molar-refractivity contribution in [2.45, 2.75) is 19.3 Å². The molecule has 1 aliphatic heterocycles. The van der Waals surface area contributed by atoms with Crippen molar-refractivity contribution >= 4 is 27.4 Å². The number of nitrogens with two attached hydrogens (primary N) is 1. The van der Waals surface area contributed by atoms with E-state index in [0.717, 1.165) is 27.0 Å². The molecule has 1 aliphatic rings. The van der Waals surface area contributed by atoms with Crippen molar-refractivity contribution in [2.24, 2.45) is 0 Å². The van der Waals surface area contributed by atoms with Crippen LogP contribution in [0.2, 0.25) is 0 Å². The molecule has 28 heavy (non-hydrogen) atoms. The van der Waals surface area contributed by atoms with Crippen LogP contribution in [0, 0.1) is 5.82 Å². The molecular weight excluding hydrogens is 373 g/mol. The highest BCUT2D eigenvalue weighted by molar-refractivity contribution is 7.18. The Hall–Kier alpha value is -2.77. The fourth-order valence-corrected chi connectivity index (χ4v) is 3.92. The molecule has 144 valence electrons. The van der Waals surface area contributed by atoms with E-state index in [1.807, 2.05) is 30.5 Å². The van der Waals surface area contributed by atoms with E-state index in [1.165, 1.54) is 49.8 Å². The van der Waals surface area contributed by atoms with Crippen LogP contribution in [-0.4, -0.2) is 28.3 Å². The highest BCUT2D eigenvalue weighted by Crippen LogP contribution is 2.34. The zero-order valence-corrected chi connectivity index (χ0v) is 16.2. The van der Waals surface area contributed by atoms with Crippen molar-refractivity contribution in [3.8, 4) is 21.7 Å². The summed E-state index contributed by atoms with van der Waals surface area (Å²) in [6, 6.07) is 12.6. The molecule has 2 aromatic heterocycles. The molecule has 0 amide bonds. The van der Waals surface area contributed by atoms with Gasteiger partial charge in [0.15, 0.2) is 0 Å². The number of benzene rings is 2. The molecule has 4 N–H and O–H groups in total. The number of halogens is 1. The van der Waals surface area contributed by atoms with Crippen LogP contribution in [0.25, 0.3) is 32.6 Å². The number of nitrogens with one attached hydrogen (secondary N) is 2. The predicted molar refractivity (Wildman–Crippen MR) is 114 cm³/mol. The number of hydrogen-bond donors (Lipinski definition) is 3. The summed E-state index contributed by atoms with van der Waals surface area (Å²) in [6.45, 7) is 2.50. The van der Waals surface area contributed by atoms with Crippen LogP contribution in [0.4, 0.5) is 9.52 Å². The van der Waals surface area contributed by atoms with Gasteiger partial charge >= 0.3 is 0 Å². The Morgan fingerprint density at radius 3 is 2.43 bits per heavy atom. The Morgan fingerprint density at radius 2 is 1.79 bits per heavy atom. The third-order valence-electron chi connectivity index (χ3n) is 4.74. The standard InChI is InChI=1S/C16H11FN4S.C5H11N/c17-13-4-2-1-3-10(13)12-8-19-14-6-5-9(7-11(12)14)15-20-21-16(18)22-15;1-2-4-6-5-3-1/h1-8,19H,(H2,18,21);6H,1-5H2. The van der Waals surface area contributed by atoms with Gasteiger partial charge in [-0.3, -0.25) is 0 Å². The van der Waals surface area contributed by atoms with Gasteiger partial charge < -0.3 is 16.0 Å². The van der Waals surface area contributed by atoms with E-state index in [9.17, 15) is 4.39 Å². The van der Waals surface area contributed by atoms with Gasteiger partial charge in [-0.25, -0.2) is 4.39 Å². The van der Waals surface area contributed by atoms with Gasteiger partial charge in [-0.2, -0.15) is 0 Å². The van der Waals surface area contributed by atoms with Crippen molar-refractivity contribution in [3.63, 3.8) is 0 Å². The maximum absolute atomic E-state index is 14.1. The number of hydrogen-bond acceptors (Lipinski definition) is 5. The molecule has 5 rings (SSSR count). The third-order valence-corrected chi connectivity index (χ3v) is 5.54. The molecular formula is C21H22FN5S. The normalized spacial score (nSPS) is 13.9. The molecule has 0 aliphatic carbocycles. The first-order valence-electron chi connectivity index (χ1n) is 9.38. The number of fused-ring (bicyclic) bond motifs is 1. The summed E-state index contributed by atoms with van der Waals surface area (Å²) in [5.41, 5.74) is 8.90. The molecule has 2 aromatic carbocycles. The topological polar surface area (TPSA) is 79.6 Å². The van der Waals surface area contributed by atoms with E-state index in [4.69, 9.17) is 5.73 Å². The van der Waals surface area contributed by atoms with E-state index >= 15 is 0 Å². The van der Waals surface area contributed by atoms with Gasteiger partial charge in [0.2, 0.25) is 5.13 Å². The van der Waals surface area contributed by atoms with Crippen LogP contribution in [-0.2, 0) is 0 Å². The summed E-state index contributed by atoms with van der Waals surface area (Å²) in [6.07, 6.45) is 6.04. The summed E-state index contributed by atoms with van der Waals surface area (Å²) in [5.74, 6) is -0.242. The van der Waals surface area contributed by atoms with Crippen molar-refractivity contribution in [1.29, 1.82) is 0 Å². The number of H-pyrrole nitrogens is 1. The number of nitrogens with zero attached hydrogens (tertiary/aromatic N) is 2. The van der Waals surface area contributed by atoms with Crippen LogP contribution in [0.3, 0.4) is 0 Å². The summed E-state index contributed by atoms with van der Waals surface area (Å²) in [4.78, 5) is 3.17. The van der Waals surface area contributed by atoms with E-state index in [-0.39, 0.29) is 5.82 Å². The minimum atomic E-state index is -0.242. The van der Waals surface area contributed by atoms with Crippen LogP contribution in [0.15, 0.2) is 48.7 Å². The molecule has 4 aromatic rings. The number of nitrogen functional groups attached to an aromatic ring is 1. The Bertz CT molecular complexity index is 1060. The van der Waals surface area contributed by atoms with Gasteiger partial charge in [-0.1, -0.05) is 36.0 Å². The molecule has 5 nitrogen and oxygen atoms in total. The van der Waals surface area contributed by atoms with E-state index in [2.05, 4.69) is 20.5 Å². The smallest absolute Gasteiger partial charge is 0.203 e. The minimum absolute atomic E-state index is 0.242. The van der Waals surface area contributed by atoms with Gasteiger partial charge in [0.25, 0.3) is 0 Å². The highest BCUT2D eigenvalue weighted by atomic mass is 32.1. The third kappa shape index (κ3) is 4.05. The second-order valence-electron chi connectivity index (χ2n) is 6.70. The lowest BCUT2D eigenvalue weighted by molar-refractivity contribution is 0.520. The van der Waals surface area contributed by atoms with Crippen LogP contribution < -0.4 is 11.1 Å². The Labute approximate surface area is 166 Å². The highest BCUT2D eigenvalue weighted by Gasteiger charge is 2.12. The molecule has 0 bridgehead atoms. The minimum Gasteiger partial charge on any atom is -0.374 e. The van der Waals surface area contributed by atoms with Crippen molar-refractivity contribution in [3.05, 3.63) is 54.5 Å². The maximum Gasteiger partial charge on any atom is 0.203 e. The second-order valence-corrected chi connectivity index (χ2v) is 7.71.